The van der Waals surface area contributed by atoms with Crippen molar-refractivity contribution in [2.75, 3.05) is 19.6 Å². The van der Waals surface area contributed by atoms with E-state index in [1.165, 1.54) is 6.20 Å². The van der Waals surface area contributed by atoms with Gasteiger partial charge in [0.1, 0.15) is 11.3 Å². The number of nitrogens with zero attached hydrogens (tertiary/aromatic N) is 3. The summed E-state index contributed by atoms with van der Waals surface area (Å²) in [6, 6.07) is 5.83. The molecule has 1 unspecified atom stereocenters. The van der Waals surface area contributed by atoms with Crippen LogP contribution in [0.4, 0.5) is 13.2 Å². The highest BCUT2D eigenvalue weighted by Crippen LogP contribution is 2.29. The standard InChI is InChI=1S/C21H21F3N6O2/c22-21(23,24)14-8-16-17(29-20(14)32)7-12(9-27-16)11-30-6-5-26-4-3-18(30)13-1-2-15(19(25)31)28-10-13/h1-2,7-10,18,26H,3-6,11H2,(H2,25,31)(H,29,32). The Bertz CT molecular complexity index is 1190. The zero-order valence-corrected chi connectivity index (χ0v) is 16.9. The second-order valence-electron chi connectivity index (χ2n) is 7.65. The van der Waals surface area contributed by atoms with E-state index in [1.807, 2.05) is 6.07 Å². The van der Waals surface area contributed by atoms with Crippen molar-refractivity contribution in [2.24, 2.45) is 5.73 Å². The Morgan fingerprint density at radius 3 is 2.69 bits per heavy atom. The largest absolute Gasteiger partial charge is 0.421 e. The molecule has 3 aromatic heterocycles. The average Bonchev–Trinajstić information content (AvgIpc) is 2.98. The molecule has 4 heterocycles. The number of amides is 1. The number of carbonyl (C=O) groups excluding carboxylic acids is 1. The van der Waals surface area contributed by atoms with Gasteiger partial charge in [0.05, 0.1) is 11.0 Å². The van der Waals surface area contributed by atoms with E-state index < -0.39 is 23.2 Å². The average molecular weight is 446 g/mol. The van der Waals surface area contributed by atoms with Crippen LogP contribution in [0.3, 0.4) is 0 Å². The van der Waals surface area contributed by atoms with E-state index in [-0.39, 0.29) is 22.8 Å². The highest BCUT2D eigenvalue weighted by molar-refractivity contribution is 5.90. The number of pyridine rings is 3. The maximum atomic E-state index is 13.0. The number of H-pyrrole nitrogens is 1. The van der Waals surface area contributed by atoms with E-state index in [9.17, 15) is 22.8 Å². The summed E-state index contributed by atoms with van der Waals surface area (Å²) in [7, 11) is 0. The minimum absolute atomic E-state index is 0.00165. The monoisotopic (exact) mass is 446 g/mol. The number of halogens is 3. The van der Waals surface area contributed by atoms with E-state index in [4.69, 9.17) is 5.73 Å². The van der Waals surface area contributed by atoms with Crippen LogP contribution in [0.15, 0.2) is 41.5 Å². The molecule has 32 heavy (non-hydrogen) atoms. The molecule has 3 aromatic rings. The second kappa shape index (κ2) is 8.67. The van der Waals surface area contributed by atoms with E-state index in [1.54, 1.807) is 18.3 Å². The van der Waals surface area contributed by atoms with Crippen molar-refractivity contribution in [3.8, 4) is 0 Å². The van der Waals surface area contributed by atoms with E-state index in [0.29, 0.717) is 13.1 Å². The lowest BCUT2D eigenvalue weighted by atomic mass is 10.0. The van der Waals surface area contributed by atoms with Gasteiger partial charge in [-0.25, -0.2) is 0 Å². The Labute approximate surface area is 180 Å². The van der Waals surface area contributed by atoms with Crippen LogP contribution in [0.25, 0.3) is 11.0 Å². The first-order valence-corrected chi connectivity index (χ1v) is 10.0. The van der Waals surface area contributed by atoms with Gasteiger partial charge in [0.25, 0.3) is 11.5 Å². The van der Waals surface area contributed by atoms with Crippen molar-refractivity contribution in [3.63, 3.8) is 0 Å². The van der Waals surface area contributed by atoms with Gasteiger partial charge in [-0.3, -0.25) is 24.5 Å². The molecule has 0 bridgehead atoms. The Morgan fingerprint density at radius 2 is 2.00 bits per heavy atom. The van der Waals surface area contributed by atoms with E-state index in [0.717, 1.165) is 36.7 Å². The molecule has 0 saturated carbocycles. The molecular weight excluding hydrogens is 425 g/mol. The summed E-state index contributed by atoms with van der Waals surface area (Å²) in [6.07, 6.45) is -0.792. The number of nitrogens with two attached hydrogens (primary N) is 1. The molecule has 0 radical (unpaired) electrons. The highest BCUT2D eigenvalue weighted by Gasteiger charge is 2.34. The molecule has 4 N–H and O–H groups in total. The number of rotatable bonds is 4. The maximum absolute atomic E-state index is 13.0. The first kappa shape index (κ1) is 21.9. The number of alkyl halides is 3. The number of hydrogen-bond donors (Lipinski definition) is 3. The third kappa shape index (κ3) is 4.63. The van der Waals surface area contributed by atoms with Crippen LogP contribution in [-0.4, -0.2) is 45.4 Å². The molecule has 4 rings (SSSR count). The SMILES string of the molecule is NC(=O)c1ccc(C2CCNCCN2Cc2cnc3cc(C(F)(F)F)c(=O)[nH]c3c2)cn1. The molecule has 1 aliphatic rings. The fourth-order valence-electron chi connectivity index (χ4n) is 3.90. The highest BCUT2D eigenvalue weighted by atomic mass is 19.4. The zero-order valence-electron chi connectivity index (χ0n) is 16.9. The third-order valence-electron chi connectivity index (χ3n) is 5.47. The van der Waals surface area contributed by atoms with E-state index >= 15 is 0 Å². The summed E-state index contributed by atoms with van der Waals surface area (Å²) in [5, 5.41) is 3.34. The lowest BCUT2D eigenvalue weighted by Crippen LogP contribution is -2.30. The predicted molar refractivity (Wildman–Crippen MR) is 111 cm³/mol. The molecule has 1 saturated heterocycles. The van der Waals surface area contributed by atoms with Crippen molar-refractivity contribution in [3.05, 3.63) is 69.4 Å². The van der Waals surface area contributed by atoms with Crippen LogP contribution in [0.2, 0.25) is 0 Å². The molecule has 11 heteroatoms. The van der Waals surface area contributed by atoms with Crippen molar-refractivity contribution in [1.29, 1.82) is 0 Å². The number of hydrogen-bond acceptors (Lipinski definition) is 6. The Morgan fingerprint density at radius 1 is 1.19 bits per heavy atom. The quantitative estimate of drug-likeness (QED) is 0.564. The molecule has 8 nitrogen and oxygen atoms in total. The van der Waals surface area contributed by atoms with Crippen molar-refractivity contribution >= 4 is 16.9 Å². The Hall–Kier alpha value is -3.31. The number of nitrogens with one attached hydrogen (secondary N) is 2. The summed E-state index contributed by atoms with van der Waals surface area (Å²) < 4.78 is 39.0. The number of aromatic amines is 1. The van der Waals surface area contributed by atoms with Crippen molar-refractivity contribution < 1.29 is 18.0 Å². The second-order valence-corrected chi connectivity index (χ2v) is 7.65. The molecular formula is C21H21F3N6O2. The fourth-order valence-corrected chi connectivity index (χ4v) is 3.90. The fraction of sp³-hybridized carbons (Fsp3) is 0.333. The van der Waals surface area contributed by atoms with Gasteiger partial charge in [-0.1, -0.05) is 6.07 Å². The minimum atomic E-state index is -4.74. The first-order chi connectivity index (χ1) is 15.2. The molecule has 1 amide bonds. The van der Waals surface area contributed by atoms with Crippen LogP contribution in [0.5, 0.6) is 0 Å². The van der Waals surface area contributed by atoms with Crippen LogP contribution in [-0.2, 0) is 12.7 Å². The zero-order chi connectivity index (χ0) is 22.9. The summed E-state index contributed by atoms with van der Waals surface area (Å²) in [6.45, 7) is 2.73. The normalized spacial score (nSPS) is 17.9. The smallest absolute Gasteiger partial charge is 0.364 e. The van der Waals surface area contributed by atoms with Gasteiger partial charge in [0.15, 0.2) is 0 Å². The first-order valence-electron chi connectivity index (χ1n) is 10.0. The van der Waals surface area contributed by atoms with Gasteiger partial charge in [-0.15, -0.1) is 0 Å². The van der Waals surface area contributed by atoms with Gasteiger partial charge < -0.3 is 16.0 Å². The van der Waals surface area contributed by atoms with Crippen LogP contribution in [0.1, 0.15) is 39.6 Å². The molecule has 1 aliphatic heterocycles. The van der Waals surface area contributed by atoms with Crippen molar-refractivity contribution in [1.82, 2.24) is 25.2 Å². The van der Waals surface area contributed by atoms with Crippen LogP contribution in [0, 0.1) is 0 Å². The number of primary amides is 1. The van der Waals surface area contributed by atoms with Crippen LogP contribution < -0.4 is 16.6 Å². The lowest BCUT2D eigenvalue weighted by molar-refractivity contribution is -0.138. The summed E-state index contributed by atoms with van der Waals surface area (Å²) in [5.41, 5.74) is 4.99. The van der Waals surface area contributed by atoms with Gasteiger partial charge in [0.2, 0.25) is 0 Å². The topological polar surface area (TPSA) is 117 Å². The summed E-state index contributed by atoms with van der Waals surface area (Å²) >= 11 is 0. The Balaban J connectivity index is 1.62. The van der Waals surface area contributed by atoms with Gasteiger partial charge in [0, 0.05) is 38.1 Å². The molecule has 168 valence electrons. The van der Waals surface area contributed by atoms with Gasteiger partial charge in [-0.2, -0.15) is 13.2 Å². The Kier molecular flexibility index (Phi) is 5.94. The molecule has 0 aliphatic carbocycles. The van der Waals surface area contributed by atoms with Gasteiger partial charge in [-0.05, 0) is 42.3 Å². The number of fused-ring (bicyclic) bond motifs is 1. The van der Waals surface area contributed by atoms with Crippen molar-refractivity contribution in [2.45, 2.75) is 25.2 Å². The summed E-state index contributed by atoms with van der Waals surface area (Å²) in [4.78, 5) is 35.9. The number of carbonyl (C=O) groups is 1. The molecule has 1 atom stereocenters. The number of aromatic nitrogens is 3. The summed E-state index contributed by atoms with van der Waals surface area (Å²) in [5.74, 6) is -0.596. The van der Waals surface area contributed by atoms with Crippen LogP contribution >= 0.6 is 0 Å². The van der Waals surface area contributed by atoms with E-state index in [2.05, 4.69) is 25.2 Å². The predicted octanol–water partition coefficient (Wildman–Crippen LogP) is 1.97. The molecule has 0 aromatic carbocycles. The molecule has 1 fully saturated rings. The maximum Gasteiger partial charge on any atom is 0.421 e. The minimum Gasteiger partial charge on any atom is -0.364 e. The third-order valence-corrected chi connectivity index (χ3v) is 5.47. The lowest BCUT2D eigenvalue weighted by Gasteiger charge is -2.29. The molecule has 0 spiro atoms. The van der Waals surface area contributed by atoms with Gasteiger partial charge >= 0.3 is 6.18 Å².